The Morgan fingerprint density at radius 2 is 1.86 bits per heavy atom. The number of rotatable bonds is 3. The topological polar surface area (TPSA) is 50.8 Å². The number of hydrogen-bond donors (Lipinski definition) is 1. The van der Waals surface area contributed by atoms with Crippen LogP contribution in [0.25, 0.3) is 0 Å². The van der Waals surface area contributed by atoms with Crippen LogP contribution in [0.15, 0.2) is 54.6 Å². The molecule has 0 radical (unpaired) electrons. The lowest BCUT2D eigenvalue weighted by Crippen LogP contribution is -2.58. The van der Waals surface area contributed by atoms with Crippen molar-refractivity contribution in [3.63, 3.8) is 0 Å². The van der Waals surface area contributed by atoms with Gasteiger partial charge in [-0.1, -0.05) is 42.5 Å². The molecule has 2 aliphatic heterocycles. The lowest BCUT2D eigenvalue weighted by molar-refractivity contribution is -0.127. The summed E-state index contributed by atoms with van der Waals surface area (Å²) < 4.78 is 25.0. The number of halogens is 1. The van der Waals surface area contributed by atoms with Crippen LogP contribution in [-0.2, 0) is 16.1 Å². The normalized spacial score (nSPS) is 21.5. The summed E-state index contributed by atoms with van der Waals surface area (Å²) in [6.07, 6.45) is 1.13. The van der Waals surface area contributed by atoms with E-state index in [0.29, 0.717) is 32.5 Å². The van der Waals surface area contributed by atoms with E-state index in [1.807, 2.05) is 42.5 Å². The molecule has 6 heteroatoms. The van der Waals surface area contributed by atoms with Crippen LogP contribution in [0.1, 0.15) is 30.0 Å². The third kappa shape index (κ3) is 4.03. The first kappa shape index (κ1) is 18.9. The Kier molecular flexibility index (Phi) is 5.59. The fraction of sp³-hybridized carbons (Fsp3) is 0.409. The van der Waals surface area contributed by atoms with Gasteiger partial charge in [0.05, 0.1) is 18.2 Å². The minimum Gasteiger partial charge on any atom is -0.445 e. The highest BCUT2D eigenvalue weighted by Crippen LogP contribution is 2.40. The lowest BCUT2D eigenvalue weighted by Gasteiger charge is -2.49. The standard InChI is InChI=1S/C22H25FN2O3/c23-19-8-6-18(7-9-19)20-22(28-15-12-24-20)10-13-25(14-11-22)21(26)27-16-17-4-2-1-3-5-17/h1-9,20,24H,10-16H2/t20-/m1/s1. The van der Waals surface area contributed by atoms with Crippen LogP contribution >= 0.6 is 0 Å². The van der Waals surface area contributed by atoms with Crippen molar-refractivity contribution in [3.8, 4) is 0 Å². The Bertz CT molecular complexity index is 789. The van der Waals surface area contributed by atoms with E-state index in [-0.39, 0.29) is 30.2 Å². The molecule has 2 aromatic rings. The molecule has 5 nitrogen and oxygen atoms in total. The molecule has 148 valence electrons. The van der Waals surface area contributed by atoms with Crippen molar-refractivity contribution < 1.29 is 18.7 Å². The molecule has 0 bridgehead atoms. The number of carbonyl (C=O) groups is 1. The van der Waals surface area contributed by atoms with Crippen LogP contribution in [0.4, 0.5) is 9.18 Å². The summed E-state index contributed by atoms with van der Waals surface area (Å²) in [5.41, 5.74) is 1.61. The minimum atomic E-state index is -0.383. The number of nitrogens with zero attached hydrogens (tertiary/aromatic N) is 1. The van der Waals surface area contributed by atoms with Gasteiger partial charge in [0.2, 0.25) is 0 Å². The number of piperidine rings is 1. The number of nitrogens with one attached hydrogen (secondary N) is 1. The fourth-order valence-corrected chi connectivity index (χ4v) is 4.12. The zero-order valence-corrected chi connectivity index (χ0v) is 15.8. The molecular formula is C22H25FN2O3. The number of morpholine rings is 1. The van der Waals surface area contributed by atoms with Crippen molar-refractivity contribution in [2.75, 3.05) is 26.2 Å². The first-order chi connectivity index (χ1) is 13.7. The molecular weight excluding hydrogens is 359 g/mol. The maximum atomic E-state index is 13.3. The van der Waals surface area contributed by atoms with E-state index >= 15 is 0 Å². The molecule has 2 aliphatic rings. The van der Waals surface area contributed by atoms with Gasteiger partial charge in [-0.05, 0) is 36.1 Å². The highest BCUT2D eigenvalue weighted by molar-refractivity contribution is 5.67. The highest BCUT2D eigenvalue weighted by atomic mass is 19.1. The zero-order valence-electron chi connectivity index (χ0n) is 15.8. The van der Waals surface area contributed by atoms with Crippen LogP contribution in [-0.4, -0.2) is 42.8 Å². The summed E-state index contributed by atoms with van der Waals surface area (Å²) in [7, 11) is 0. The summed E-state index contributed by atoms with van der Waals surface area (Å²) in [6.45, 7) is 2.82. The van der Waals surface area contributed by atoms with Gasteiger partial charge in [-0.2, -0.15) is 0 Å². The van der Waals surface area contributed by atoms with Gasteiger partial charge >= 0.3 is 6.09 Å². The van der Waals surface area contributed by atoms with Crippen LogP contribution < -0.4 is 5.32 Å². The van der Waals surface area contributed by atoms with Gasteiger partial charge in [-0.25, -0.2) is 9.18 Å². The summed E-state index contributed by atoms with van der Waals surface area (Å²) in [6, 6.07) is 16.2. The van der Waals surface area contributed by atoms with Crippen LogP contribution in [0.5, 0.6) is 0 Å². The Morgan fingerprint density at radius 3 is 2.57 bits per heavy atom. The largest absolute Gasteiger partial charge is 0.445 e. The summed E-state index contributed by atoms with van der Waals surface area (Å²) in [5.74, 6) is -0.245. The van der Waals surface area contributed by atoms with E-state index in [2.05, 4.69) is 5.32 Å². The summed E-state index contributed by atoms with van der Waals surface area (Å²) >= 11 is 0. The van der Waals surface area contributed by atoms with Gasteiger partial charge in [-0.15, -0.1) is 0 Å². The molecule has 2 aromatic carbocycles. The average Bonchev–Trinajstić information content (AvgIpc) is 2.74. The molecule has 0 aliphatic carbocycles. The second-order valence-corrected chi connectivity index (χ2v) is 7.38. The first-order valence-corrected chi connectivity index (χ1v) is 9.75. The van der Waals surface area contributed by atoms with E-state index in [0.717, 1.165) is 17.7 Å². The third-order valence-electron chi connectivity index (χ3n) is 5.64. The van der Waals surface area contributed by atoms with Crippen molar-refractivity contribution >= 4 is 6.09 Å². The molecule has 1 spiro atoms. The predicted octanol–water partition coefficient (Wildman–Crippen LogP) is 3.66. The SMILES string of the molecule is O=C(OCc1ccccc1)N1CCC2(CC1)OCCN[C@@H]2c1ccc(F)cc1. The molecule has 2 saturated heterocycles. The highest BCUT2D eigenvalue weighted by Gasteiger charge is 2.46. The molecule has 28 heavy (non-hydrogen) atoms. The van der Waals surface area contributed by atoms with Gasteiger partial charge in [0, 0.05) is 19.6 Å². The predicted molar refractivity (Wildman–Crippen MR) is 103 cm³/mol. The van der Waals surface area contributed by atoms with Crippen molar-refractivity contribution in [3.05, 3.63) is 71.5 Å². The van der Waals surface area contributed by atoms with Crippen molar-refractivity contribution in [2.24, 2.45) is 0 Å². The van der Waals surface area contributed by atoms with Crippen molar-refractivity contribution in [1.29, 1.82) is 0 Å². The number of carbonyl (C=O) groups excluding carboxylic acids is 1. The van der Waals surface area contributed by atoms with Crippen LogP contribution in [0.2, 0.25) is 0 Å². The Morgan fingerprint density at radius 1 is 1.14 bits per heavy atom. The molecule has 0 saturated carbocycles. The van der Waals surface area contributed by atoms with Gasteiger partial charge in [0.25, 0.3) is 0 Å². The van der Waals surface area contributed by atoms with Crippen molar-refractivity contribution in [1.82, 2.24) is 10.2 Å². The second kappa shape index (κ2) is 8.29. The maximum Gasteiger partial charge on any atom is 0.410 e. The van der Waals surface area contributed by atoms with E-state index in [4.69, 9.17) is 9.47 Å². The molecule has 1 amide bonds. The van der Waals surface area contributed by atoms with E-state index < -0.39 is 0 Å². The number of benzene rings is 2. The minimum absolute atomic E-state index is 0.00987. The molecule has 1 N–H and O–H groups in total. The van der Waals surface area contributed by atoms with Gasteiger partial charge < -0.3 is 19.7 Å². The molecule has 2 fully saturated rings. The second-order valence-electron chi connectivity index (χ2n) is 7.38. The van der Waals surface area contributed by atoms with Crippen LogP contribution in [0.3, 0.4) is 0 Å². The van der Waals surface area contributed by atoms with Gasteiger partial charge in [0.15, 0.2) is 0 Å². The molecule has 0 unspecified atom stereocenters. The third-order valence-corrected chi connectivity index (χ3v) is 5.64. The smallest absolute Gasteiger partial charge is 0.410 e. The molecule has 2 heterocycles. The number of ether oxygens (including phenoxy) is 2. The lowest BCUT2D eigenvalue weighted by atomic mass is 9.79. The summed E-state index contributed by atoms with van der Waals surface area (Å²) in [5, 5.41) is 3.52. The Balaban J connectivity index is 1.38. The Hall–Kier alpha value is -2.44. The fourth-order valence-electron chi connectivity index (χ4n) is 4.12. The quantitative estimate of drug-likeness (QED) is 0.878. The first-order valence-electron chi connectivity index (χ1n) is 9.75. The number of likely N-dealkylation sites (tertiary alicyclic amines) is 1. The van der Waals surface area contributed by atoms with E-state index in [1.54, 1.807) is 4.90 Å². The number of hydrogen-bond acceptors (Lipinski definition) is 4. The average molecular weight is 384 g/mol. The van der Waals surface area contributed by atoms with E-state index in [9.17, 15) is 9.18 Å². The molecule has 4 rings (SSSR count). The monoisotopic (exact) mass is 384 g/mol. The number of amides is 1. The summed E-state index contributed by atoms with van der Waals surface area (Å²) in [4.78, 5) is 14.2. The van der Waals surface area contributed by atoms with E-state index in [1.165, 1.54) is 12.1 Å². The molecule has 1 atom stereocenters. The zero-order chi connectivity index (χ0) is 19.4. The van der Waals surface area contributed by atoms with Crippen molar-refractivity contribution in [2.45, 2.75) is 31.1 Å². The van der Waals surface area contributed by atoms with Gasteiger partial charge in [0.1, 0.15) is 12.4 Å². The van der Waals surface area contributed by atoms with Gasteiger partial charge in [-0.3, -0.25) is 0 Å². The maximum absolute atomic E-state index is 13.3. The Labute approximate surface area is 164 Å². The molecule has 0 aromatic heterocycles. The van der Waals surface area contributed by atoms with Crippen LogP contribution in [0, 0.1) is 5.82 Å².